The Labute approximate surface area is 107 Å². The van der Waals surface area contributed by atoms with Gasteiger partial charge in [-0.1, -0.05) is 37.3 Å². The summed E-state index contributed by atoms with van der Waals surface area (Å²) in [4.78, 5) is 0. The second-order valence-corrected chi connectivity index (χ2v) is 5.22. The molecule has 0 aliphatic heterocycles. The van der Waals surface area contributed by atoms with Gasteiger partial charge in [-0.25, -0.2) is 0 Å². The minimum atomic E-state index is -0.351. The maximum Gasteiger partial charge on any atom is 0.126 e. The Morgan fingerprint density at radius 1 is 1.17 bits per heavy atom. The highest BCUT2D eigenvalue weighted by molar-refractivity contribution is 5.91. The average molecular weight is 242 g/mol. The largest absolute Gasteiger partial charge is 0.496 e. The van der Waals surface area contributed by atoms with Crippen LogP contribution in [-0.2, 0) is 0 Å². The molecule has 2 heteroatoms. The van der Waals surface area contributed by atoms with Crippen LogP contribution < -0.4 is 4.74 Å². The van der Waals surface area contributed by atoms with Crippen LogP contribution in [0.5, 0.6) is 5.75 Å². The number of rotatable bonds is 3. The number of aliphatic hydroxyl groups is 1. The van der Waals surface area contributed by atoms with E-state index in [1.54, 1.807) is 7.11 Å². The van der Waals surface area contributed by atoms with Crippen molar-refractivity contribution in [1.82, 2.24) is 0 Å². The Bertz CT molecular complexity index is 576. The zero-order valence-electron chi connectivity index (χ0n) is 10.8. The lowest BCUT2D eigenvalue weighted by atomic mass is 9.96. The summed E-state index contributed by atoms with van der Waals surface area (Å²) in [6.45, 7) is 2.19. The van der Waals surface area contributed by atoms with E-state index in [9.17, 15) is 5.11 Å². The monoisotopic (exact) mass is 242 g/mol. The van der Waals surface area contributed by atoms with Gasteiger partial charge in [-0.15, -0.1) is 0 Å². The molecule has 3 unspecified atom stereocenters. The average Bonchev–Trinajstić information content (AvgIpc) is 3.14. The SMILES string of the molecule is COc1ccc(C(O)C2CC2C)c2ccccc12. The molecule has 2 aromatic rings. The molecule has 1 aliphatic rings. The van der Waals surface area contributed by atoms with Crippen molar-refractivity contribution in [3.8, 4) is 5.75 Å². The van der Waals surface area contributed by atoms with Crippen LogP contribution in [0.15, 0.2) is 36.4 Å². The van der Waals surface area contributed by atoms with E-state index in [4.69, 9.17) is 4.74 Å². The summed E-state index contributed by atoms with van der Waals surface area (Å²) in [5.41, 5.74) is 1.03. The minimum absolute atomic E-state index is 0.351. The first kappa shape index (κ1) is 11.5. The Balaban J connectivity index is 2.12. The third-order valence-corrected chi connectivity index (χ3v) is 4.03. The molecule has 0 aromatic heterocycles. The van der Waals surface area contributed by atoms with Gasteiger partial charge in [0.05, 0.1) is 13.2 Å². The maximum atomic E-state index is 10.5. The number of benzene rings is 2. The first-order chi connectivity index (χ1) is 8.72. The van der Waals surface area contributed by atoms with E-state index in [1.807, 2.05) is 30.3 Å². The van der Waals surface area contributed by atoms with Gasteiger partial charge in [-0.2, -0.15) is 0 Å². The van der Waals surface area contributed by atoms with Crippen molar-refractivity contribution in [3.05, 3.63) is 42.0 Å². The van der Waals surface area contributed by atoms with Gasteiger partial charge < -0.3 is 9.84 Å². The molecule has 2 nitrogen and oxygen atoms in total. The van der Waals surface area contributed by atoms with Gasteiger partial charge in [-0.3, -0.25) is 0 Å². The van der Waals surface area contributed by atoms with Crippen LogP contribution >= 0.6 is 0 Å². The summed E-state index contributed by atoms with van der Waals surface area (Å²) >= 11 is 0. The van der Waals surface area contributed by atoms with E-state index in [2.05, 4.69) is 13.0 Å². The lowest BCUT2D eigenvalue weighted by Crippen LogP contribution is -2.02. The van der Waals surface area contributed by atoms with Gasteiger partial charge in [0.2, 0.25) is 0 Å². The molecule has 94 valence electrons. The molecule has 0 radical (unpaired) electrons. The van der Waals surface area contributed by atoms with Crippen LogP contribution in [0, 0.1) is 11.8 Å². The molecular formula is C16H18O2. The predicted molar refractivity (Wildman–Crippen MR) is 72.7 cm³/mol. The molecule has 2 aromatic carbocycles. The lowest BCUT2D eigenvalue weighted by molar-refractivity contribution is 0.149. The van der Waals surface area contributed by atoms with Crippen molar-refractivity contribution < 1.29 is 9.84 Å². The molecule has 0 saturated heterocycles. The molecular weight excluding hydrogens is 224 g/mol. The van der Waals surface area contributed by atoms with Crippen molar-refractivity contribution >= 4 is 10.8 Å². The van der Waals surface area contributed by atoms with Crippen molar-refractivity contribution in [2.24, 2.45) is 11.8 Å². The molecule has 0 spiro atoms. The van der Waals surface area contributed by atoms with Crippen LogP contribution in [0.1, 0.15) is 25.0 Å². The first-order valence-electron chi connectivity index (χ1n) is 6.46. The predicted octanol–water partition coefficient (Wildman–Crippen LogP) is 3.54. The number of hydrogen-bond acceptors (Lipinski definition) is 2. The zero-order chi connectivity index (χ0) is 12.7. The summed E-state index contributed by atoms with van der Waals surface area (Å²) in [5.74, 6) is 1.92. The summed E-state index contributed by atoms with van der Waals surface area (Å²) in [6.07, 6.45) is 0.775. The summed E-state index contributed by atoms with van der Waals surface area (Å²) in [6, 6.07) is 12.1. The van der Waals surface area contributed by atoms with E-state index in [-0.39, 0.29) is 6.10 Å². The fourth-order valence-corrected chi connectivity index (χ4v) is 2.75. The molecule has 1 aliphatic carbocycles. The van der Waals surface area contributed by atoms with Crippen LogP contribution in [0.2, 0.25) is 0 Å². The fourth-order valence-electron chi connectivity index (χ4n) is 2.75. The molecule has 0 amide bonds. The Morgan fingerprint density at radius 3 is 2.44 bits per heavy atom. The smallest absolute Gasteiger partial charge is 0.126 e. The molecule has 3 atom stereocenters. The number of aliphatic hydroxyl groups excluding tert-OH is 1. The van der Waals surface area contributed by atoms with E-state index in [1.165, 1.54) is 0 Å². The molecule has 18 heavy (non-hydrogen) atoms. The van der Waals surface area contributed by atoms with E-state index in [0.717, 1.165) is 28.5 Å². The second-order valence-electron chi connectivity index (χ2n) is 5.22. The van der Waals surface area contributed by atoms with E-state index >= 15 is 0 Å². The normalized spacial score (nSPS) is 23.9. The number of fused-ring (bicyclic) bond motifs is 1. The van der Waals surface area contributed by atoms with Gasteiger partial charge in [0.1, 0.15) is 5.75 Å². The molecule has 1 saturated carbocycles. The molecule has 1 N–H and O–H groups in total. The molecule has 0 bridgehead atoms. The van der Waals surface area contributed by atoms with Crippen molar-refractivity contribution in [2.45, 2.75) is 19.4 Å². The molecule has 3 rings (SSSR count). The lowest BCUT2D eigenvalue weighted by Gasteiger charge is -2.15. The van der Waals surface area contributed by atoms with E-state index in [0.29, 0.717) is 11.8 Å². The number of ether oxygens (including phenoxy) is 1. The Hall–Kier alpha value is -1.54. The highest BCUT2D eigenvalue weighted by atomic mass is 16.5. The summed E-state index contributed by atoms with van der Waals surface area (Å²) < 4.78 is 5.38. The third-order valence-electron chi connectivity index (χ3n) is 4.03. The maximum absolute atomic E-state index is 10.5. The van der Waals surface area contributed by atoms with Crippen LogP contribution in [-0.4, -0.2) is 12.2 Å². The van der Waals surface area contributed by atoms with Crippen LogP contribution in [0.3, 0.4) is 0 Å². The topological polar surface area (TPSA) is 29.5 Å². The van der Waals surface area contributed by atoms with Crippen LogP contribution in [0.4, 0.5) is 0 Å². The first-order valence-corrected chi connectivity index (χ1v) is 6.46. The van der Waals surface area contributed by atoms with E-state index < -0.39 is 0 Å². The quantitative estimate of drug-likeness (QED) is 0.892. The van der Waals surface area contributed by atoms with Crippen molar-refractivity contribution in [3.63, 3.8) is 0 Å². The second kappa shape index (κ2) is 4.29. The van der Waals surface area contributed by atoms with Crippen molar-refractivity contribution in [2.75, 3.05) is 7.11 Å². The van der Waals surface area contributed by atoms with Gasteiger partial charge in [0, 0.05) is 5.39 Å². The number of hydrogen-bond donors (Lipinski definition) is 1. The van der Waals surface area contributed by atoms with Gasteiger partial charge >= 0.3 is 0 Å². The van der Waals surface area contributed by atoms with Gasteiger partial charge in [-0.05, 0) is 35.3 Å². The minimum Gasteiger partial charge on any atom is -0.496 e. The fraction of sp³-hybridized carbons (Fsp3) is 0.375. The van der Waals surface area contributed by atoms with Crippen LogP contribution in [0.25, 0.3) is 10.8 Å². The number of methoxy groups -OCH3 is 1. The summed E-state index contributed by atoms with van der Waals surface area (Å²) in [7, 11) is 1.68. The van der Waals surface area contributed by atoms with Gasteiger partial charge in [0.15, 0.2) is 0 Å². The molecule has 0 heterocycles. The standard InChI is InChI=1S/C16H18O2/c1-10-9-14(10)16(17)13-7-8-15(18-2)12-6-4-3-5-11(12)13/h3-8,10,14,16-17H,9H2,1-2H3. The Morgan fingerprint density at radius 2 is 1.83 bits per heavy atom. The van der Waals surface area contributed by atoms with Gasteiger partial charge in [0.25, 0.3) is 0 Å². The zero-order valence-corrected chi connectivity index (χ0v) is 10.8. The molecule has 1 fully saturated rings. The Kier molecular flexibility index (Phi) is 2.75. The van der Waals surface area contributed by atoms with Crippen molar-refractivity contribution in [1.29, 1.82) is 0 Å². The highest BCUT2D eigenvalue weighted by Gasteiger charge is 2.39. The third kappa shape index (κ3) is 1.77. The highest BCUT2D eigenvalue weighted by Crippen LogP contribution is 2.48. The summed E-state index contributed by atoms with van der Waals surface area (Å²) in [5, 5.41) is 12.6.